The van der Waals surface area contributed by atoms with Crippen LogP contribution >= 0.6 is 11.6 Å². The minimum Gasteiger partial charge on any atom is -0.342 e. The topological polar surface area (TPSA) is 65.5 Å². The van der Waals surface area contributed by atoms with Crippen molar-refractivity contribution < 1.29 is 9.59 Å². The molecule has 0 bridgehead atoms. The molecule has 1 unspecified atom stereocenters. The van der Waals surface area contributed by atoms with Crippen molar-refractivity contribution in [2.75, 3.05) is 39.0 Å². The molecule has 1 aliphatic heterocycles. The van der Waals surface area contributed by atoms with E-state index >= 15 is 0 Å². The van der Waals surface area contributed by atoms with Crippen LogP contribution < -0.4 is 5.32 Å². The lowest BCUT2D eigenvalue weighted by Crippen LogP contribution is -2.30. The Morgan fingerprint density at radius 3 is 3.00 bits per heavy atom. The Morgan fingerprint density at radius 2 is 2.32 bits per heavy atom. The third-order valence-electron chi connectivity index (χ3n) is 3.59. The highest BCUT2D eigenvalue weighted by molar-refractivity contribution is 6.30. The number of anilines is 1. The first kappa shape index (κ1) is 16.7. The molecule has 1 saturated heterocycles. The van der Waals surface area contributed by atoms with E-state index in [4.69, 9.17) is 11.6 Å². The van der Waals surface area contributed by atoms with Crippen molar-refractivity contribution in [2.24, 2.45) is 5.92 Å². The Hall–Kier alpha value is -1.66. The van der Waals surface area contributed by atoms with Crippen molar-refractivity contribution in [2.45, 2.75) is 12.8 Å². The number of amides is 2. The van der Waals surface area contributed by atoms with Gasteiger partial charge in [0, 0.05) is 30.7 Å². The van der Waals surface area contributed by atoms with Gasteiger partial charge in [-0.05, 0) is 39.2 Å². The molecule has 0 aliphatic carbocycles. The van der Waals surface area contributed by atoms with Crippen molar-refractivity contribution in [3.8, 4) is 0 Å². The minimum absolute atomic E-state index is 0.0398. The van der Waals surface area contributed by atoms with Gasteiger partial charge in [-0.1, -0.05) is 11.6 Å². The molecular formula is C15H21ClN4O2. The van der Waals surface area contributed by atoms with Gasteiger partial charge in [0.05, 0.1) is 5.92 Å². The Bertz CT molecular complexity index is 550. The molecule has 0 spiro atoms. The monoisotopic (exact) mass is 324 g/mol. The lowest BCUT2D eigenvalue weighted by molar-refractivity contribution is -0.128. The standard InChI is InChI=1S/C15H21ClN4O2/c1-19(2)6-3-7-20-10-11(8-14(20)21)15(22)18-13-9-12(16)4-5-17-13/h4-5,9,11H,3,6-8,10H2,1-2H3,(H,17,18,22). The van der Waals surface area contributed by atoms with Gasteiger partial charge in [-0.15, -0.1) is 0 Å². The molecule has 6 nitrogen and oxygen atoms in total. The summed E-state index contributed by atoms with van der Waals surface area (Å²) in [5.41, 5.74) is 0. The summed E-state index contributed by atoms with van der Waals surface area (Å²) >= 11 is 5.86. The van der Waals surface area contributed by atoms with Crippen LogP contribution in [0.3, 0.4) is 0 Å². The number of nitrogens with one attached hydrogen (secondary N) is 1. The summed E-state index contributed by atoms with van der Waals surface area (Å²) in [5, 5.41) is 3.23. The third kappa shape index (κ3) is 4.68. The number of aromatic nitrogens is 1. The molecule has 120 valence electrons. The van der Waals surface area contributed by atoms with Gasteiger partial charge in [0.25, 0.3) is 0 Å². The molecule has 1 atom stereocenters. The van der Waals surface area contributed by atoms with E-state index in [1.807, 2.05) is 14.1 Å². The molecule has 0 aromatic carbocycles. The van der Waals surface area contributed by atoms with Gasteiger partial charge in [-0.2, -0.15) is 0 Å². The molecule has 1 aromatic rings. The smallest absolute Gasteiger partial charge is 0.230 e. The summed E-state index contributed by atoms with van der Waals surface area (Å²) in [6, 6.07) is 3.23. The van der Waals surface area contributed by atoms with Crippen molar-refractivity contribution in [3.05, 3.63) is 23.4 Å². The van der Waals surface area contributed by atoms with Gasteiger partial charge >= 0.3 is 0 Å². The molecule has 1 N–H and O–H groups in total. The Morgan fingerprint density at radius 1 is 1.55 bits per heavy atom. The van der Waals surface area contributed by atoms with E-state index in [0.717, 1.165) is 13.0 Å². The van der Waals surface area contributed by atoms with Crippen molar-refractivity contribution >= 4 is 29.2 Å². The summed E-state index contributed by atoms with van der Waals surface area (Å²) in [5.74, 6) is -0.0557. The summed E-state index contributed by atoms with van der Waals surface area (Å²) in [6.07, 6.45) is 2.70. The van der Waals surface area contributed by atoms with Gasteiger partial charge in [-0.3, -0.25) is 9.59 Å². The highest BCUT2D eigenvalue weighted by Crippen LogP contribution is 2.20. The molecule has 0 radical (unpaired) electrons. The number of rotatable bonds is 6. The van der Waals surface area contributed by atoms with Crippen LogP contribution in [0.15, 0.2) is 18.3 Å². The number of nitrogens with zero attached hydrogens (tertiary/aromatic N) is 3. The lowest BCUT2D eigenvalue weighted by atomic mass is 10.1. The number of likely N-dealkylation sites (tertiary alicyclic amines) is 1. The fourth-order valence-corrected chi connectivity index (χ4v) is 2.60. The molecule has 7 heteroatoms. The molecule has 1 fully saturated rings. The largest absolute Gasteiger partial charge is 0.342 e. The number of hydrogen-bond donors (Lipinski definition) is 1. The number of pyridine rings is 1. The van der Waals surface area contributed by atoms with Crippen LogP contribution in [0.25, 0.3) is 0 Å². The van der Waals surface area contributed by atoms with E-state index in [2.05, 4.69) is 15.2 Å². The fourth-order valence-electron chi connectivity index (χ4n) is 2.44. The second kappa shape index (κ2) is 7.56. The van der Waals surface area contributed by atoms with Gasteiger partial charge in [0.2, 0.25) is 11.8 Å². The summed E-state index contributed by atoms with van der Waals surface area (Å²) in [4.78, 5) is 32.1. The average molecular weight is 325 g/mol. The van der Waals surface area contributed by atoms with Gasteiger partial charge in [0.15, 0.2) is 0 Å². The van der Waals surface area contributed by atoms with Crippen LogP contribution in [-0.4, -0.2) is 60.3 Å². The Labute approximate surface area is 135 Å². The third-order valence-corrected chi connectivity index (χ3v) is 3.83. The predicted molar refractivity (Wildman–Crippen MR) is 85.7 cm³/mol. The van der Waals surface area contributed by atoms with Crippen molar-refractivity contribution in [1.82, 2.24) is 14.8 Å². The van der Waals surface area contributed by atoms with E-state index in [9.17, 15) is 9.59 Å². The molecule has 2 amide bonds. The number of carbonyl (C=O) groups excluding carboxylic acids is 2. The summed E-state index contributed by atoms with van der Waals surface area (Å²) in [6.45, 7) is 2.09. The fraction of sp³-hybridized carbons (Fsp3) is 0.533. The molecular weight excluding hydrogens is 304 g/mol. The quantitative estimate of drug-likeness (QED) is 0.860. The number of carbonyl (C=O) groups is 2. The highest BCUT2D eigenvalue weighted by atomic mass is 35.5. The van der Waals surface area contributed by atoms with Crippen molar-refractivity contribution in [1.29, 1.82) is 0 Å². The van der Waals surface area contributed by atoms with E-state index in [1.165, 1.54) is 6.20 Å². The second-order valence-electron chi connectivity index (χ2n) is 5.75. The number of halogens is 1. The maximum Gasteiger partial charge on any atom is 0.230 e. The maximum absolute atomic E-state index is 12.2. The molecule has 2 rings (SSSR count). The molecule has 2 heterocycles. The van der Waals surface area contributed by atoms with Crippen LogP contribution in [0.5, 0.6) is 0 Å². The minimum atomic E-state index is -0.326. The zero-order chi connectivity index (χ0) is 16.1. The second-order valence-corrected chi connectivity index (χ2v) is 6.18. The summed E-state index contributed by atoms with van der Waals surface area (Å²) < 4.78 is 0. The molecule has 1 aliphatic rings. The van der Waals surface area contributed by atoms with Gasteiger partial charge in [0.1, 0.15) is 5.82 Å². The summed E-state index contributed by atoms with van der Waals surface area (Å²) in [7, 11) is 4.00. The lowest BCUT2D eigenvalue weighted by Gasteiger charge is -2.18. The molecule has 22 heavy (non-hydrogen) atoms. The normalized spacial score (nSPS) is 18.1. The maximum atomic E-state index is 12.2. The zero-order valence-electron chi connectivity index (χ0n) is 12.9. The highest BCUT2D eigenvalue weighted by Gasteiger charge is 2.34. The first-order valence-corrected chi connectivity index (χ1v) is 7.68. The Balaban J connectivity index is 1.85. The van der Waals surface area contributed by atoms with E-state index in [-0.39, 0.29) is 24.2 Å². The number of hydrogen-bond acceptors (Lipinski definition) is 4. The zero-order valence-corrected chi connectivity index (χ0v) is 13.6. The predicted octanol–water partition coefficient (Wildman–Crippen LogP) is 1.47. The van der Waals surface area contributed by atoms with E-state index < -0.39 is 0 Å². The average Bonchev–Trinajstić information content (AvgIpc) is 2.80. The Kier molecular flexibility index (Phi) is 5.74. The first-order chi connectivity index (χ1) is 10.5. The van der Waals surface area contributed by atoms with Crippen LogP contribution in [0.2, 0.25) is 5.02 Å². The van der Waals surface area contributed by atoms with Crippen LogP contribution in [-0.2, 0) is 9.59 Å². The van der Waals surface area contributed by atoms with E-state index in [0.29, 0.717) is 23.9 Å². The van der Waals surface area contributed by atoms with E-state index in [1.54, 1.807) is 17.0 Å². The molecule has 0 saturated carbocycles. The SMILES string of the molecule is CN(C)CCCN1CC(C(=O)Nc2cc(Cl)ccn2)CC1=O. The van der Waals surface area contributed by atoms with Crippen molar-refractivity contribution in [3.63, 3.8) is 0 Å². The molecule has 1 aromatic heterocycles. The first-order valence-electron chi connectivity index (χ1n) is 7.30. The van der Waals surface area contributed by atoms with Crippen LogP contribution in [0.4, 0.5) is 5.82 Å². The van der Waals surface area contributed by atoms with Crippen LogP contribution in [0.1, 0.15) is 12.8 Å². The van der Waals surface area contributed by atoms with Gasteiger partial charge in [-0.25, -0.2) is 4.98 Å². The van der Waals surface area contributed by atoms with Gasteiger partial charge < -0.3 is 15.1 Å². The van der Waals surface area contributed by atoms with Crippen LogP contribution in [0, 0.1) is 5.92 Å².